The van der Waals surface area contributed by atoms with Gasteiger partial charge < -0.3 is 14.0 Å². The van der Waals surface area contributed by atoms with Crippen molar-refractivity contribution in [3.63, 3.8) is 0 Å². The lowest BCUT2D eigenvalue weighted by atomic mass is 9.99. The molecule has 3 aliphatic rings. The molecule has 8 nitrogen and oxygen atoms in total. The second-order valence-corrected chi connectivity index (χ2v) is 9.78. The second-order valence-electron chi connectivity index (χ2n) is 7.66. The van der Waals surface area contributed by atoms with E-state index in [0.29, 0.717) is 31.7 Å². The lowest BCUT2D eigenvalue weighted by Gasteiger charge is -2.39. The lowest BCUT2D eigenvalue weighted by molar-refractivity contribution is -0.0975. The van der Waals surface area contributed by atoms with Gasteiger partial charge in [-0.25, -0.2) is 13.4 Å². The summed E-state index contributed by atoms with van der Waals surface area (Å²) < 4.78 is 35.1. The van der Waals surface area contributed by atoms with Crippen LogP contribution in [0.15, 0.2) is 24.4 Å². The minimum atomic E-state index is -3.37. The number of likely N-dealkylation sites (N-methyl/N-ethyl adjacent to an activating group) is 1. The van der Waals surface area contributed by atoms with Gasteiger partial charge in [0.1, 0.15) is 22.2 Å². The number of nitrogens with zero attached hydrogens (tertiary/aromatic N) is 4. The molecular weight excluding hydrogens is 368 g/mol. The fourth-order valence-electron chi connectivity index (χ4n) is 4.86. The Kier molecular flexibility index (Phi) is 3.51. The van der Waals surface area contributed by atoms with E-state index in [1.165, 1.54) is 4.31 Å². The Morgan fingerprint density at radius 1 is 1.37 bits per heavy atom. The smallest absolute Gasteiger partial charge is 0.274 e. The van der Waals surface area contributed by atoms with Gasteiger partial charge >= 0.3 is 0 Å². The van der Waals surface area contributed by atoms with E-state index in [0.717, 1.165) is 11.3 Å². The number of sulfonamides is 1. The summed E-state index contributed by atoms with van der Waals surface area (Å²) in [7, 11) is -3.37. The molecule has 27 heavy (non-hydrogen) atoms. The van der Waals surface area contributed by atoms with Crippen LogP contribution >= 0.6 is 0 Å². The zero-order chi connectivity index (χ0) is 19.0. The van der Waals surface area contributed by atoms with Gasteiger partial charge in [-0.3, -0.25) is 4.79 Å². The number of amides is 1. The van der Waals surface area contributed by atoms with Crippen LogP contribution in [0.5, 0.6) is 0 Å². The fraction of sp³-hybridized carbons (Fsp3) is 0.556. The Morgan fingerprint density at radius 3 is 2.93 bits per heavy atom. The first-order chi connectivity index (χ1) is 12.9. The van der Waals surface area contributed by atoms with Crippen molar-refractivity contribution in [1.29, 1.82) is 0 Å². The zero-order valence-electron chi connectivity index (χ0n) is 15.3. The van der Waals surface area contributed by atoms with E-state index >= 15 is 0 Å². The number of imidazole rings is 1. The number of morpholine rings is 1. The minimum Gasteiger partial charge on any atom is -0.365 e. The van der Waals surface area contributed by atoms with Gasteiger partial charge in [0.15, 0.2) is 0 Å². The van der Waals surface area contributed by atoms with Crippen LogP contribution in [0.1, 0.15) is 29.5 Å². The zero-order valence-corrected chi connectivity index (χ0v) is 16.1. The molecule has 0 aliphatic carbocycles. The van der Waals surface area contributed by atoms with Gasteiger partial charge in [-0.1, -0.05) is 13.0 Å². The van der Waals surface area contributed by atoms with E-state index in [-0.39, 0.29) is 18.6 Å². The van der Waals surface area contributed by atoms with Crippen LogP contribution in [-0.2, 0) is 14.8 Å². The highest BCUT2D eigenvalue weighted by Gasteiger charge is 2.65. The Hall–Kier alpha value is -1.97. The summed E-state index contributed by atoms with van der Waals surface area (Å²) in [6.07, 6.45) is 2.10. The van der Waals surface area contributed by atoms with Crippen LogP contribution in [0.3, 0.4) is 0 Å². The summed E-state index contributed by atoms with van der Waals surface area (Å²) >= 11 is 0. The van der Waals surface area contributed by atoms with E-state index in [1.54, 1.807) is 4.90 Å². The molecule has 5 heterocycles. The number of carbonyl (C=O) groups is 1. The minimum absolute atomic E-state index is 0.156. The van der Waals surface area contributed by atoms with Crippen molar-refractivity contribution in [2.24, 2.45) is 0 Å². The summed E-state index contributed by atoms with van der Waals surface area (Å²) in [5.41, 5.74) is 1.12. The normalized spacial score (nSPS) is 32.1. The average molecular weight is 390 g/mol. The molecule has 3 atom stereocenters. The highest BCUT2D eigenvalue weighted by Crippen LogP contribution is 2.46. The van der Waals surface area contributed by atoms with Gasteiger partial charge in [-0.05, 0) is 25.5 Å². The number of fused-ring (bicyclic) bond motifs is 2. The van der Waals surface area contributed by atoms with Gasteiger partial charge in [0, 0.05) is 25.8 Å². The Balaban J connectivity index is 1.49. The number of likely N-dealkylation sites (tertiary alicyclic amines) is 1. The Labute approximate surface area is 157 Å². The molecule has 9 heteroatoms. The maximum absolute atomic E-state index is 13.2. The van der Waals surface area contributed by atoms with Crippen LogP contribution in [0.2, 0.25) is 0 Å². The van der Waals surface area contributed by atoms with E-state index in [4.69, 9.17) is 4.74 Å². The highest BCUT2D eigenvalue weighted by atomic mass is 32.2. The maximum Gasteiger partial charge on any atom is 0.274 e. The van der Waals surface area contributed by atoms with Crippen molar-refractivity contribution in [2.75, 3.05) is 26.2 Å². The first kappa shape index (κ1) is 17.2. The van der Waals surface area contributed by atoms with Crippen LogP contribution in [0.4, 0.5) is 0 Å². The van der Waals surface area contributed by atoms with Gasteiger partial charge in [-0.15, -0.1) is 0 Å². The molecule has 1 spiro atoms. The lowest BCUT2D eigenvalue weighted by Crippen LogP contribution is -2.56. The second kappa shape index (κ2) is 5.52. The molecule has 5 rings (SSSR count). The molecule has 2 bridgehead atoms. The van der Waals surface area contributed by atoms with Crippen LogP contribution < -0.4 is 0 Å². The topological polar surface area (TPSA) is 84.2 Å². The highest BCUT2D eigenvalue weighted by molar-refractivity contribution is 7.90. The first-order valence-electron chi connectivity index (χ1n) is 9.25. The number of aromatic nitrogens is 2. The SMILES string of the molecule is CCN1C[C@@]23CN(C(=O)c4nc5ccccn5c4C)C[C@@H](C[C@@H]2S1(=O)=O)O3. The number of hydrogen-bond donors (Lipinski definition) is 0. The van der Waals surface area contributed by atoms with Crippen molar-refractivity contribution >= 4 is 21.6 Å². The molecule has 0 N–H and O–H groups in total. The van der Waals surface area contributed by atoms with Gasteiger partial charge in [-0.2, -0.15) is 4.31 Å². The van der Waals surface area contributed by atoms with Crippen LogP contribution in [-0.4, -0.2) is 76.0 Å². The van der Waals surface area contributed by atoms with Crippen molar-refractivity contribution in [3.05, 3.63) is 35.8 Å². The molecule has 2 aromatic heterocycles. The Morgan fingerprint density at radius 2 is 2.19 bits per heavy atom. The fourth-order valence-corrected chi connectivity index (χ4v) is 7.19. The summed E-state index contributed by atoms with van der Waals surface area (Å²) in [4.78, 5) is 19.5. The van der Waals surface area contributed by atoms with Crippen molar-refractivity contribution in [1.82, 2.24) is 18.6 Å². The van der Waals surface area contributed by atoms with Gasteiger partial charge in [0.25, 0.3) is 5.91 Å². The summed E-state index contributed by atoms with van der Waals surface area (Å²) in [5, 5.41) is -0.560. The van der Waals surface area contributed by atoms with E-state index in [1.807, 2.05) is 42.6 Å². The van der Waals surface area contributed by atoms with Crippen LogP contribution in [0, 0.1) is 6.92 Å². The third-order valence-corrected chi connectivity index (χ3v) is 8.57. The molecule has 2 aromatic rings. The van der Waals surface area contributed by atoms with Crippen molar-refractivity contribution in [3.8, 4) is 0 Å². The molecule has 1 amide bonds. The molecule has 0 saturated carbocycles. The summed E-state index contributed by atoms with van der Waals surface area (Å²) in [6, 6.07) is 5.65. The molecule has 0 unspecified atom stereocenters. The average Bonchev–Trinajstić information content (AvgIpc) is 3.19. The molecule has 3 fully saturated rings. The van der Waals surface area contributed by atoms with Gasteiger partial charge in [0.05, 0.1) is 18.3 Å². The molecule has 144 valence electrons. The Bertz CT molecular complexity index is 1050. The van der Waals surface area contributed by atoms with E-state index in [2.05, 4.69) is 4.98 Å². The summed E-state index contributed by atoms with van der Waals surface area (Å²) in [5.74, 6) is -0.156. The van der Waals surface area contributed by atoms with Crippen molar-refractivity contribution in [2.45, 2.75) is 37.2 Å². The van der Waals surface area contributed by atoms with E-state index in [9.17, 15) is 13.2 Å². The molecular formula is C18H22N4O4S. The number of aryl methyl sites for hydroxylation is 1. The third kappa shape index (κ3) is 2.25. The number of hydrogen-bond acceptors (Lipinski definition) is 5. The first-order valence-corrected chi connectivity index (χ1v) is 10.8. The number of pyridine rings is 1. The molecule has 0 radical (unpaired) electrons. The predicted molar refractivity (Wildman–Crippen MR) is 98.0 cm³/mol. The van der Waals surface area contributed by atoms with Crippen molar-refractivity contribution < 1.29 is 17.9 Å². The number of carbonyl (C=O) groups excluding carboxylic acids is 1. The maximum atomic E-state index is 13.2. The van der Waals surface area contributed by atoms with E-state index < -0.39 is 20.9 Å². The van der Waals surface area contributed by atoms with Crippen LogP contribution in [0.25, 0.3) is 5.65 Å². The predicted octanol–water partition coefficient (Wildman–Crippen LogP) is 0.660. The third-order valence-electron chi connectivity index (χ3n) is 6.12. The quantitative estimate of drug-likeness (QED) is 0.752. The molecule has 3 aliphatic heterocycles. The van der Waals surface area contributed by atoms with Gasteiger partial charge in [0.2, 0.25) is 10.0 Å². The molecule has 0 aromatic carbocycles. The number of rotatable bonds is 2. The standard InChI is InChI=1S/C18H22N4O4S/c1-3-21-11-18-10-20(9-13(26-18)8-14(18)27(21,24)25)17(23)16-12(2)22-7-5-4-6-15(22)19-16/h4-7,13-14H,3,8-11H2,1-2H3/t13-,14+,18+/m1/s1. The summed E-state index contributed by atoms with van der Waals surface area (Å²) in [6.45, 7) is 5.15. The number of ether oxygens (including phenoxy) is 1. The largest absolute Gasteiger partial charge is 0.365 e. The monoisotopic (exact) mass is 390 g/mol. The molecule has 3 saturated heterocycles.